The van der Waals surface area contributed by atoms with Crippen molar-refractivity contribution in [3.05, 3.63) is 76.7 Å². The fourth-order valence-corrected chi connectivity index (χ4v) is 4.06. The van der Waals surface area contributed by atoms with E-state index in [1.807, 2.05) is 6.92 Å². The van der Waals surface area contributed by atoms with Gasteiger partial charge in [0.05, 0.1) is 29.8 Å². The smallest absolute Gasteiger partial charge is 0.254 e. The van der Waals surface area contributed by atoms with E-state index in [2.05, 4.69) is 21.4 Å². The van der Waals surface area contributed by atoms with Crippen molar-refractivity contribution in [2.75, 3.05) is 11.9 Å². The van der Waals surface area contributed by atoms with E-state index in [1.165, 1.54) is 18.5 Å². The Bertz CT molecular complexity index is 1320. The van der Waals surface area contributed by atoms with Crippen LogP contribution in [0, 0.1) is 23.0 Å². The molecule has 3 aromatic rings. The molecule has 1 N–H and O–H groups in total. The predicted molar refractivity (Wildman–Crippen MR) is 125 cm³/mol. The maximum absolute atomic E-state index is 15.2. The summed E-state index contributed by atoms with van der Waals surface area (Å²) in [6, 6.07) is 8.77. The van der Waals surface area contributed by atoms with E-state index in [-0.39, 0.29) is 17.0 Å². The van der Waals surface area contributed by atoms with E-state index in [0.29, 0.717) is 35.7 Å². The molecule has 0 fully saturated rings. The normalized spacial score (nSPS) is 14.0. The number of rotatable bonds is 6. The first-order valence-corrected chi connectivity index (χ1v) is 11.1. The molecule has 8 heteroatoms. The molecule has 1 amide bonds. The van der Waals surface area contributed by atoms with Crippen LogP contribution in [0.4, 0.5) is 14.6 Å². The molecule has 1 aromatic carbocycles. The zero-order chi connectivity index (χ0) is 24.6. The first-order valence-electron chi connectivity index (χ1n) is 11.1. The van der Waals surface area contributed by atoms with Gasteiger partial charge in [-0.05, 0) is 63.6 Å². The van der Waals surface area contributed by atoms with Crippen LogP contribution in [0.5, 0.6) is 0 Å². The number of fused-ring (bicyclic) bond motifs is 1. The number of pyridine rings is 2. The van der Waals surface area contributed by atoms with Crippen molar-refractivity contribution < 1.29 is 13.6 Å². The van der Waals surface area contributed by atoms with Crippen LogP contribution in [0.25, 0.3) is 11.1 Å². The summed E-state index contributed by atoms with van der Waals surface area (Å²) in [7, 11) is 0. The van der Waals surface area contributed by atoms with E-state index in [0.717, 1.165) is 11.6 Å². The number of nitriles is 1. The highest BCUT2D eigenvalue weighted by atomic mass is 19.1. The van der Waals surface area contributed by atoms with Gasteiger partial charge in [0.2, 0.25) is 0 Å². The molecule has 2 aromatic heterocycles. The fraction of sp³-hybridized carbons (Fsp3) is 0.308. The van der Waals surface area contributed by atoms with E-state index in [9.17, 15) is 10.1 Å². The number of carbonyl (C=O) groups excluding carboxylic acids is 1. The Balaban J connectivity index is 1.64. The quantitative estimate of drug-likeness (QED) is 0.534. The van der Waals surface area contributed by atoms with Crippen molar-refractivity contribution in [1.29, 1.82) is 5.26 Å². The lowest BCUT2D eigenvalue weighted by atomic mass is 9.89. The lowest BCUT2D eigenvalue weighted by molar-refractivity contribution is 0.0787. The molecule has 34 heavy (non-hydrogen) atoms. The molecule has 1 aliphatic rings. The fourth-order valence-electron chi connectivity index (χ4n) is 4.06. The minimum absolute atomic E-state index is 0.0616. The monoisotopic (exact) mass is 461 g/mol. The molecule has 0 aliphatic carbocycles. The Hall–Kier alpha value is -3.86. The number of carbonyl (C=O) groups is 1. The summed E-state index contributed by atoms with van der Waals surface area (Å²) >= 11 is 0. The molecule has 1 aliphatic heterocycles. The molecule has 4 rings (SSSR count). The highest BCUT2D eigenvalue weighted by Gasteiger charge is 2.30. The van der Waals surface area contributed by atoms with Crippen LogP contribution in [0.2, 0.25) is 0 Å². The third-order valence-electron chi connectivity index (χ3n) is 6.20. The molecule has 0 bridgehead atoms. The zero-order valence-corrected chi connectivity index (χ0v) is 19.5. The lowest BCUT2D eigenvalue weighted by Gasteiger charge is -2.19. The number of nitrogens with zero attached hydrogens (tertiary/aromatic N) is 4. The lowest BCUT2D eigenvalue weighted by Crippen LogP contribution is -2.22. The summed E-state index contributed by atoms with van der Waals surface area (Å²) in [6.07, 6.45) is 3.02. The number of aromatic nitrogens is 2. The Labute approximate surface area is 197 Å². The number of halogens is 2. The van der Waals surface area contributed by atoms with Gasteiger partial charge in [-0.15, -0.1) is 0 Å². The highest BCUT2D eigenvalue weighted by molar-refractivity contribution is 5.99. The van der Waals surface area contributed by atoms with E-state index >= 15 is 8.78 Å². The average molecular weight is 462 g/mol. The number of anilines is 1. The van der Waals surface area contributed by atoms with Gasteiger partial charge in [0, 0.05) is 41.2 Å². The summed E-state index contributed by atoms with van der Waals surface area (Å²) in [6.45, 7) is 8.05. The zero-order valence-electron chi connectivity index (χ0n) is 19.5. The van der Waals surface area contributed by atoms with Crippen molar-refractivity contribution >= 4 is 11.7 Å². The number of nitrogens with one attached hydrogen (secondary N) is 1. The van der Waals surface area contributed by atoms with Gasteiger partial charge in [0.15, 0.2) is 0 Å². The molecule has 6 nitrogen and oxygen atoms in total. The highest BCUT2D eigenvalue weighted by Crippen LogP contribution is 2.33. The SMILES string of the molecule is CCN1Cc2c(ccnc2NC(C)c2cc(F)c(-c3ccnc(C(C)(C)C#N)c3)cc2F)C1=O. The summed E-state index contributed by atoms with van der Waals surface area (Å²) in [5, 5.41) is 12.5. The molecule has 0 spiro atoms. The maximum atomic E-state index is 15.2. The van der Waals surface area contributed by atoms with Crippen LogP contribution in [0.1, 0.15) is 60.9 Å². The molecule has 1 atom stereocenters. The largest absolute Gasteiger partial charge is 0.363 e. The van der Waals surface area contributed by atoms with Crippen molar-refractivity contribution in [2.24, 2.45) is 0 Å². The van der Waals surface area contributed by atoms with Crippen molar-refractivity contribution in [3.63, 3.8) is 0 Å². The van der Waals surface area contributed by atoms with Gasteiger partial charge in [-0.2, -0.15) is 5.26 Å². The van der Waals surface area contributed by atoms with E-state index < -0.39 is 23.1 Å². The third kappa shape index (κ3) is 4.10. The van der Waals surface area contributed by atoms with Gasteiger partial charge in [0.25, 0.3) is 5.91 Å². The molecule has 174 valence electrons. The van der Waals surface area contributed by atoms with Crippen molar-refractivity contribution in [2.45, 2.75) is 45.7 Å². The first-order chi connectivity index (χ1) is 16.2. The minimum Gasteiger partial charge on any atom is -0.363 e. The second kappa shape index (κ2) is 8.82. The molecule has 1 unspecified atom stereocenters. The van der Waals surface area contributed by atoms with E-state index in [1.54, 1.807) is 43.9 Å². The van der Waals surface area contributed by atoms with Crippen LogP contribution >= 0.6 is 0 Å². The van der Waals surface area contributed by atoms with Crippen LogP contribution in [-0.4, -0.2) is 27.3 Å². The molecule has 0 radical (unpaired) electrons. The summed E-state index contributed by atoms with van der Waals surface area (Å²) < 4.78 is 30.3. The Morgan fingerprint density at radius 1 is 1.15 bits per heavy atom. The average Bonchev–Trinajstić information content (AvgIpc) is 3.17. The van der Waals surface area contributed by atoms with E-state index in [4.69, 9.17) is 0 Å². The van der Waals surface area contributed by atoms with Crippen molar-refractivity contribution in [3.8, 4) is 17.2 Å². The van der Waals surface area contributed by atoms with Gasteiger partial charge in [-0.1, -0.05) is 0 Å². The second-order valence-corrected chi connectivity index (χ2v) is 8.89. The summed E-state index contributed by atoms with van der Waals surface area (Å²) in [4.78, 5) is 22.7. The predicted octanol–water partition coefficient (Wildman–Crippen LogP) is 5.37. The standard InChI is InChI=1S/C26H25F2N5O/c1-5-33-13-20-17(25(33)34)7-9-31-24(20)32-15(2)18-11-22(28)19(12-21(18)27)16-6-8-30-23(10-16)26(3,4)14-29/h6-12,15H,5,13H2,1-4H3,(H,31,32). The Morgan fingerprint density at radius 3 is 2.59 bits per heavy atom. The molecule has 0 saturated heterocycles. The Morgan fingerprint density at radius 2 is 1.88 bits per heavy atom. The number of hydrogen-bond donors (Lipinski definition) is 1. The molecule has 0 saturated carbocycles. The maximum Gasteiger partial charge on any atom is 0.254 e. The van der Waals surface area contributed by atoms with Crippen molar-refractivity contribution in [1.82, 2.24) is 14.9 Å². The molecular formula is C26H25F2N5O. The van der Waals surface area contributed by atoms with Gasteiger partial charge < -0.3 is 10.2 Å². The summed E-state index contributed by atoms with van der Waals surface area (Å²) in [5.41, 5.74) is 1.62. The van der Waals surface area contributed by atoms with Crippen LogP contribution in [0.3, 0.4) is 0 Å². The Kier molecular flexibility index (Phi) is 6.05. The van der Waals surface area contributed by atoms with Gasteiger partial charge in [0.1, 0.15) is 17.5 Å². The van der Waals surface area contributed by atoms with Crippen LogP contribution in [0.15, 0.2) is 42.7 Å². The van der Waals surface area contributed by atoms with Crippen LogP contribution in [-0.2, 0) is 12.0 Å². The van der Waals surface area contributed by atoms with Gasteiger partial charge >= 0.3 is 0 Å². The number of benzene rings is 1. The topological polar surface area (TPSA) is 81.9 Å². The second-order valence-electron chi connectivity index (χ2n) is 8.89. The third-order valence-corrected chi connectivity index (χ3v) is 6.20. The summed E-state index contributed by atoms with van der Waals surface area (Å²) in [5.74, 6) is -0.743. The first kappa shape index (κ1) is 23.3. The molecule has 3 heterocycles. The van der Waals surface area contributed by atoms with Gasteiger partial charge in [-0.3, -0.25) is 9.78 Å². The minimum atomic E-state index is -0.860. The number of hydrogen-bond acceptors (Lipinski definition) is 5. The number of amides is 1. The van der Waals surface area contributed by atoms with Crippen LogP contribution < -0.4 is 5.32 Å². The molecular weight excluding hydrogens is 436 g/mol. The van der Waals surface area contributed by atoms with Gasteiger partial charge in [-0.25, -0.2) is 13.8 Å².